The molecular weight excluding hydrogens is 430 g/mol. The first-order chi connectivity index (χ1) is 14.1. The van der Waals surface area contributed by atoms with Crippen LogP contribution in [0.3, 0.4) is 0 Å². The van der Waals surface area contributed by atoms with E-state index in [1.54, 1.807) is 20.8 Å². The normalized spacial score (nSPS) is 13.3. The number of hydrogen-bond donors (Lipinski definition) is 3. The smallest absolute Gasteiger partial charge is 0.430 e. The lowest BCUT2D eigenvalue weighted by molar-refractivity contribution is -0.376. The first kappa shape index (κ1) is 27.0. The number of hydrogen-bond acceptors (Lipinski definition) is 4. The Morgan fingerprint density at radius 1 is 1.10 bits per heavy atom. The molecule has 1 aromatic rings. The second-order valence-electron chi connectivity index (χ2n) is 7.81. The van der Waals surface area contributed by atoms with Gasteiger partial charge in [-0.2, -0.15) is 26.3 Å². The van der Waals surface area contributed by atoms with Gasteiger partial charge in [-0.1, -0.05) is 19.4 Å². The molecule has 0 aromatic heterocycles. The fraction of sp³-hybridized carbons (Fsp3) is 0.650. The van der Waals surface area contributed by atoms with Crippen LogP contribution < -0.4 is 15.8 Å². The molecule has 0 radical (unpaired) electrons. The van der Waals surface area contributed by atoms with Crippen LogP contribution in [0.4, 0.5) is 26.3 Å². The summed E-state index contributed by atoms with van der Waals surface area (Å²) in [6, 6.07) is 2.25. The minimum absolute atomic E-state index is 0.130. The van der Waals surface area contributed by atoms with Gasteiger partial charge in [-0.3, -0.25) is 4.79 Å². The number of halogens is 6. The summed E-state index contributed by atoms with van der Waals surface area (Å²) < 4.78 is 84.2. The lowest BCUT2D eigenvalue weighted by Crippen LogP contribution is -2.53. The molecule has 0 saturated heterocycles. The van der Waals surface area contributed by atoms with E-state index < -0.39 is 29.1 Å². The van der Waals surface area contributed by atoms with E-state index in [4.69, 9.17) is 10.5 Å². The molecule has 0 unspecified atom stereocenters. The topological polar surface area (TPSA) is 84.6 Å². The highest BCUT2D eigenvalue weighted by molar-refractivity contribution is 5.84. The Kier molecular flexibility index (Phi) is 8.78. The Morgan fingerprint density at radius 2 is 1.68 bits per heavy atom. The molecule has 0 spiro atoms. The lowest BCUT2D eigenvalue weighted by atomic mass is 9.90. The van der Waals surface area contributed by atoms with E-state index in [9.17, 15) is 36.2 Å². The van der Waals surface area contributed by atoms with E-state index in [1.165, 1.54) is 0 Å². The number of aliphatic hydroxyl groups is 1. The van der Waals surface area contributed by atoms with Crippen molar-refractivity contribution in [2.45, 2.75) is 69.9 Å². The SMILES string of the molecule is CCCc1cc(C(O)(C(F)(F)F)C(F)(F)F)ccc1OCCCCNC(=O)C(C)(C)N. The van der Waals surface area contributed by atoms with Crippen LogP contribution in [0, 0.1) is 0 Å². The molecule has 0 heterocycles. The maximum Gasteiger partial charge on any atom is 0.430 e. The van der Waals surface area contributed by atoms with Crippen molar-refractivity contribution >= 4 is 5.91 Å². The summed E-state index contributed by atoms with van der Waals surface area (Å²) >= 11 is 0. The number of nitrogens with two attached hydrogens (primary N) is 1. The molecular formula is C20H28F6N2O3. The molecule has 1 aromatic carbocycles. The van der Waals surface area contributed by atoms with E-state index in [0.29, 0.717) is 37.9 Å². The minimum Gasteiger partial charge on any atom is -0.493 e. The monoisotopic (exact) mass is 458 g/mol. The maximum atomic E-state index is 13.1. The number of rotatable bonds is 10. The second kappa shape index (κ2) is 10.1. The summed E-state index contributed by atoms with van der Waals surface area (Å²) in [4.78, 5) is 11.6. The third kappa shape index (κ3) is 6.73. The average molecular weight is 458 g/mol. The zero-order valence-corrected chi connectivity index (χ0v) is 17.6. The van der Waals surface area contributed by atoms with Crippen molar-refractivity contribution in [3.63, 3.8) is 0 Å². The van der Waals surface area contributed by atoms with Gasteiger partial charge < -0.3 is 20.9 Å². The standard InChI is InChI=1S/C20H28F6N2O3/c1-4-7-13-12-14(18(30,19(21,22)23)20(24,25)26)8-9-15(13)31-11-6-5-10-28-16(29)17(2,3)27/h8-9,12,30H,4-7,10-11,27H2,1-3H3,(H,28,29). The average Bonchev–Trinajstić information content (AvgIpc) is 2.62. The Hall–Kier alpha value is -2.01. The molecule has 0 aliphatic rings. The number of aryl methyl sites for hydroxylation is 1. The molecule has 4 N–H and O–H groups in total. The summed E-state index contributed by atoms with van der Waals surface area (Å²) in [5, 5.41) is 12.2. The molecule has 1 rings (SSSR count). The van der Waals surface area contributed by atoms with Gasteiger partial charge in [0.25, 0.3) is 5.60 Å². The summed E-state index contributed by atoms with van der Waals surface area (Å²) in [6.45, 7) is 5.30. The minimum atomic E-state index is -5.94. The number of alkyl halides is 6. The maximum absolute atomic E-state index is 13.1. The van der Waals surface area contributed by atoms with Crippen molar-refractivity contribution in [1.29, 1.82) is 0 Å². The Bertz CT molecular complexity index is 728. The van der Waals surface area contributed by atoms with E-state index in [-0.39, 0.29) is 30.2 Å². The quantitative estimate of drug-likeness (QED) is 0.366. The summed E-state index contributed by atoms with van der Waals surface area (Å²) in [5.41, 5.74) is -1.53. The van der Waals surface area contributed by atoms with Gasteiger partial charge in [0.15, 0.2) is 0 Å². The molecule has 11 heteroatoms. The highest BCUT2D eigenvalue weighted by Crippen LogP contribution is 2.50. The first-order valence-corrected chi connectivity index (χ1v) is 9.75. The molecule has 5 nitrogen and oxygen atoms in total. The van der Waals surface area contributed by atoms with Crippen molar-refractivity contribution in [1.82, 2.24) is 5.32 Å². The van der Waals surface area contributed by atoms with Crippen LogP contribution in [0.5, 0.6) is 5.75 Å². The van der Waals surface area contributed by atoms with Gasteiger partial charge in [0, 0.05) is 12.1 Å². The molecule has 0 aliphatic carbocycles. The molecule has 0 bridgehead atoms. The number of carbonyl (C=O) groups excluding carboxylic acids is 1. The van der Waals surface area contributed by atoms with Crippen molar-refractivity contribution in [3.05, 3.63) is 29.3 Å². The van der Waals surface area contributed by atoms with Crippen LogP contribution in [0.2, 0.25) is 0 Å². The summed E-state index contributed by atoms with van der Waals surface area (Å²) in [7, 11) is 0. The predicted molar refractivity (Wildman–Crippen MR) is 102 cm³/mol. The van der Waals surface area contributed by atoms with E-state index in [0.717, 1.165) is 6.07 Å². The van der Waals surface area contributed by atoms with Gasteiger partial charge >= 0.3 is 12.4 Å². The molecule has 0 atom stereocenters. The van der Waals surface area contributed by atoms with E-state index in [1.807, 2.05) is 0 Å². The number of ether oxygens (including phenoxy) is 1. The second-order valence-corrected chi connectivity index (χ2v) is 7.81. The van der Waals surface area contributed by atoms with Crippen LogP contribution >= 0.6 is 0 Å². The largest absolute Gasteiger partial charge is 0.493 e. The number of carbonyl (C=O) groups is 1. The first-order valence-electron chi connectivity index (χ1n) is 9.75. The van der Waals surface area contributed by atoms with E-state index >= 15 is 0 Å². The van der Waals surface area contributed by atoms with Gasteiger partial charge in [0.05, 0.1) is 12.1 Å². The van der Waals surface area contributed by atoms with Crippen molar-refractivity contribution in [2.75, 3.05) is 13.2 Å². The van der Waals surface area contributed by atoms with Crippen LogP contribution in [0.25, 0.3) is 0 Å². The van der Waals surface area contributed by atoms with Crippen LogP contribution in [-0.4, -0.2) is 42.1 Å². The number of unbranched alkanes of at least 4 members (excludes halogenated alkanes) is 1. The van der Waals surface area contributed by atoms with Gasteiger partial charge in [-0.15, -0.1) is 0 Å². The Morgan fingerprint density at radius 3 is 2.16 bits per heavy atom. The Labute approximate surface area is 176 Å². The van der Waals surface area contributed by atoms with Gasteiger partial charge in [0.2, 0.25) is 5.91 Å². The molecule has 31 heavy (non-hydrogen) atoms. The molecule has 0 fully saturated rings. The van der Waals surface area contributed by atoms with Gasteiger partial charge in [-0.05, 0) is 50.8 Å². The van der Waals surface area contributed by atoms with Crippen LogP contribution in [0.15, 0.2) is 18.2 Å². The van der Waals surface area contributed by atoms with Crippen LogP contribution in [0.1, 0.15) is 51.2 Å². The number of nitrogens with one attached hydrogen (secondary N) is 1. The molecule has 1 amide bonds. The number of benzene rings is 1. The molecule has 0 saturated carbocycles. The highest BCUT2D eigenvalue weighted by Gasteiger charge is 2.71. The molecule has 178 valence electrons. The third-order valence-electron chi connectivity index (χ3n) is 4.52. The van der Waals surface area contributed by atoms with Crippen molar-refractivity contribution < 1.29 is 41.0 Å². The van der Waals surface area contributed by atoms with Crippen molar-refractivity contribution in [2.24, 2.45) is 5.73 Å². The zero-order valence-electron chi connectivity index (χ0n) is 17.6. The van der Waals surface area contributed by atoms with Crippen molar-refractivity contribution in [3.8, 4) is 5.75 Å². The fourth-order valence-electron chi connectivity index (χ4n) is 2.74. The highest BCUT2D eigenvalue weighted by atomic mass is 19.4. The summed E-state index contributed by atoms with van der Waals surface area (Å²) in [5.74, 6) is -0.180. The van der Waals surface area contributed by atoms with Gasteiger partial charge in [0.1, 0.15) is 5.75 Å². The number of amides is 1. The summed E-state index contributed by atoms with van der Waals surface area (Å²) in [6.07, 6.45) is -10.3. The molecule has 0 aliphatic heterocycles. The van der Waals surface area contributed by atoms with Crippen LogP contribution in [-0.2, 0) is 16.8 Å². The Balaban J connectivity index is 2.88. The zero-order chi connectivity index (χ0) is 24.1. The predicted octanol–water partition coefficient (Wildman–Crippen LogP) is 3.96. The fourth-order valence-corrected chi connectivity index (χ4v) is 2.74. The van der Waals surface area contributed by atoms with Gasteiger partial charge in [-0.25, -0.2) is 0 Å². The van der Waals surface area contributed by atoms with E-state index in [2.05, 4.69) is 5.32 Å². The third-order valence-corrected chi connectivity index (χ3v) is 4.52. The lowest BCUT2D eigenvalue weighted by Gasteiger charge is -2.33.